The maximum absolute atomic E-state index is 13.8. The Hall–Kier alpha value is -1.36. The van der Waals surface area contributed by atoms with Crippen LogP contribution in [0.25, 0.3) is 5.52 Å². The van der Waals surface area contributed by atoms with Gasteiger partial charge in [-0.2, -0.15) is 0 Å². The lowest BCUT2D eigenvalue weighted by Crippen LogP contribution is -2.05. The highest BCUT2D eigenvalue weighted by molar-refractivity contribution is 6.32. The molecule has 0 aromatic carbocycles. The van der Waals surface area contributed by atoms with Gasteiger partial charge in [-0.25, -0.2) is 13.9 Å². The molecule has 16 heavy (non-hydrogen) atoms. The molecule has 1 atom stereocenters. The molecule has 0 saturated carbocycles. The van der Waals surface area contributed by atoms with Crippen LogP contribution in [0.5, 0.6) is 0 Å². The van der Waals surface area contributed by atoms with Crippen molar-refractivity contribution >= 4 is 23.1 Å². The molecule has 0 saturated heterocycles. The van der Waals surface area contributed by atoms with Crippen LogP contribution in [0, 0.1) is 5.82 Å². The van der Waals surface area contributed by atoms with E-state index in [0.717, 1.165) is 6.42 Å². The number of hydrogen-bond acceptors (Lipinski definition) is 3. The van der Waals surface area contributed by atoms with Gasteiger partial charge in [0.2, 0.25) is 5.95 Å². The van der Waals surface area contributed by atoms with Gasteiger partial charge in [0.1, 0.15) is 10.5 Å². The van der Waals surface area contributed by atoms with Crippen molar-refractivity contribution in [1.82, 2.24) is 14.6 Å². The Balaban J connectivity index is 2.80. The number of fused-ring (bicyclic) bond motifs is 1. The van der Waals surface area contributed by atoms with Gasteiger partial charge in [0, 0.05) is 0 Å². The summed E-state index contributed by atoms with van der Waals surface area (Å²) < 4.78 is 15.2. The summed E-state index contributed by atoms with van der Waals surface area (Å²) in [6.07, 6.45) is 2.19. The average Bonchev–Trinajstić information content (AvgIpc) is 2.51. The zero-order chi connectivity index (χ0) is 11.9. The molecule has 0 aliphatic heterocycles. The molecule has 6 heteroatoms. The van der Waals surface area contributed by atoms with Gasteiger partial charge in [-0.1, -0.05) is 25.4 Å². The van der Waals surface area contributed by atoms with Crippen molar-refractivity contribution in [3.8, 4) is 0 Å². The van der Waals surface area contributed by atoms with Crippen molar-refractivity contribution in [3.05, 3.63) is 22.7 Å². The zero-order valence-electron chi connectivity index (χ0n) is 9.04. The van der Waals surface area contributed by atoms with E-state index in [9.17, 15) is 4.39 Å². The molecule has 0 aliphatic rings. The standard InChI is InChI=1S/C10H12ClFN4/c1-3-5(2)9-7(11)8(12)6-4-14-10(13)15-16(6)9/h4-5H,3H2,1-2H3,(H2,13,15). The quantitative estimate of drug-likeness (QED) is 0.881. The highest BCUT2D eigenvalue weighted by Crippen LogP contribution is 2.32. The number of rotatable bonds is 2. The first-order chi connectivity index (χ1) is 7.56. The highest BCUT2D eigenvalue weighted by atomic mass is 35.5. The first-order valence-electron chi connectivity index (χ1n) is 5.04. The molecule has 86 valence electrons. The SMILES string of the molecule is CCC(C)c1c(Cl)c(F)c2cnc(N)nn12. The molecule has 1 unspecified atom stereocenters. The Morgan fingerprint density at radius 1 is 1.62 bits per heavy atom. The van der Waals surface area contributed by atoms with Crippen LogP contribution in [-0.2, 0) is 0 Å². The average molecular weight is 243 g/mol. The number of aromatic nitrogens is 3. The van der Waals surface area contributed by atoms with Gasteiger partial charge in [-0.15, -0.1) is 5.10 Å². The molecule has 0 bridgehead atoms. The maximum atomic E-state index is 13.8. The van der Waals surface area contributed by atoms with E-state index in [1.165, 1.54) is 10.7 Å². The monoisotopic (exact) mass is 242 g/mol. The predicted molar refractivity (Wildman–Crippen MR) is 61.1 cm³/mol. The van der Waals surface area contributed by atoms with Crippen LogP contribution in [0.3, 0.4) is 0 Å². The topological polar surface area (TPSA) is 56.2 Å². The Labute approximate surface area is 97.2 Å². The Bertz CT molecular complexity index is 537. The number of halogens is 2. The fraction of sp³-hybridized carbons (Fsp3) is 0.400. The summed E-state index contributed by atoms with van der Waals surface area (Å²) in [5, 5.41) is 4.09. The highest BCUT2D eigenvalue weighted by Gasteiger charge is 2.21. The van der Waals surface area contributed by atoms with Crippen LogP contribution < -0.4 is 5.73 Å². The smallest absolute Gasteiger partial charge is 0.238 e. The van der Waals surface area contributed by atoms with Crippen LogP contribution in [0.15, 0.2) is 6.20 Å². The van der Waals surface area contributed by atoms with Gasteiger partial charge in [0.15, 0.2) is 5.82 Å². The van der Waals surface area contributed by atoms with Crippen molar-refractivity contribution in [2.75, 3.05) is 5.73 Å². The summed E-state index contributed by atoms with van der Waals surface area (Å²) in [7, 11) is 0. The third-order valence-electron chi connectivity index (χ3n) is 2.70. The third kappa shape index (κ3) is 1.51. The first-order valence-corrected chi connectivity index (χ1v) is 5.42. The number of nitrogen functional groups attached to an aromatic ring is 1. The fourth-order valence-electron chi connectivity index (χ4n) is 1.63. The second kappa shape index (κ2) is 3.90. The molecular formula is C10H12ClFN4. The summed E-state index contributed by atoms with van der Waals surface area (Å²) in [4.78, 5) is 3.75. The van der Waals surface area contributed by atoms with Gasteiger partial charge in [0.05, 0.1) is 11.9 Å². The zero-order valence-corrected chi connectivity index (χ0v) is 9.79. The number of hydrogen-bond donors (Lipinski definition) is 1. The second-order valence-electron chi connectivity index (χ2n) is 3.74. The maximum Gasteiger partial charge on any atom is 0.238 e. The molecule has 0 fully saturated rings. The Morgan fingerprint density at radius 2 is 2.31 bits per heavy atom. The van der Waals surface area contributed by atoms with Gasteiger partial charge < -0.3 is 5.73 Å². The third-order valence-corrected chi connectivity index (χ3v) is 3.06. The van der Waals surface area contributed by atoms with Crippen LogP contribution in [0.4, 0.5) is 10.3 Å². The Kier molecular flexibility index (Phi) is 2.71. The fourth-order valence-corrected chi connectivity index (χ4v) is 2.00. The minimum Gasteiger partial charge on any atom is -0.367 e. The van der Waals surface area contributed by atoms with Crippen LogP contribution in [-0.4, -0.2) is 14.6 Å². The molecule has 0 amide bonds. The van der Waals surface area contributed by atoms with Crippen LogP contribution >= 0.6 is 11.6 Å². The van der Waals surface area contributed by atoms with Crippen molar-refractivity contribution in [2.24, 2.45) is 0 Å². The molecule has 4 nitrogen and oxygen atoms in total. The summed E-state index contributed by atoms with van der Waals surface area (Å²) in [5.41, 5.74) is 6.39. The number of nitrogens with zero attached hydrogens (tertiary/aromatic N) is 3. The van der Waals surface area contributed by atoms with E-state index >= 15 is 0 Å². The molecular weight excluding hydrogens is 231 g/mol. The van der Waals surface area contributed by atoms with Gasteiger partial charge in [0.25, 0.3) is 0 Å². The summed E-state index contributed by atoms with van der Waals surface area (Å²) >= 11 is 5.96. The van der Waals surface area contributed by atoms with Crippen molar-refractivity contribution in [2.45, 2.75) is 26.2 Å². The van der Waals surface area contributed by atoms with Gasteiger partial charge >= 0.3 is 0 Å². The summed E-state index contributed by atoms with van der Waals surface area (Å²) in [5.74, 6) is -0.278. The summed E-state index contributed by atoms with van der Waals surface area (Å²) in [6, 6.07) is 0. The van der Waals surface area contributed by atoms with Gasteiger partial charge in [-0.05, 0) is 12.3 Å². The molecule has 2 heterocycles. The van der Waals surface area contributed by atoms with Crippen molar-refractivity contribution in [1.29, 1.82) is 0 Å². The van der Waals surface area contributed by atoms with E-state index in [0.29, 0.717) is 5.69 Å². The Morgan fingerprint density at radius 3 is 2.94 bits per heavy atom. The number of nitrogens with two attached hydrogens (primary N) is 1. The van der Waals surface area contributed by atoms with E-state index in [4.69, 9.17) is 17.3 Å². The summed E-state index contributed by atoms with van der Waals surface area (Å²) in [6.45, 7) is 3.97. The molecule has 2 rings (SSSR count). The normalized spacial score (nSPS) is 13.2. The first kappa shape index (κ1) is 11.1. The largest absolute Gasteiger partial charge is 0.367 e. The number of anilines is 1. The molecule has 2 aromatic rings. The lowest BCUT2D eigenvalue weighted by molar-refractivity contribution is 0.638. The van der Waals surface area contributed by atoms with E-state index in [1.54, 1.807) is 0 Å². The van der Waals surface area contributed by atoms with Gasteiger partial charge in [-0.3, -0.25) is 0 Å². The van der Waals surface area contributed by atoms with Crippen LogP contribution in [0.2, 0.25) is 5.02 Å². The minimum atomic E-state index is -0.489. The molecule has 2 N–H and O–H groups in total. The molecule has 0 radical (unpaired) electrons. The molecule has 0 aliphatic carbocycles. The van der Waals surface area contributed by atoms with Crippen LogP contribution in [0.1, 0.15) is 31.9 Å². The van der Waals surface area contributed by atoms with E-state index in [2.05, 4.69) is 10.1 Å². The molecule has 2 aromatic heterocycles. The van der Waals surface area contributed by atoms with Crippen molar-refractivity contribution in [3.63, 3.8) is 0 Å². The predicted octanol–water partition coefficient (Wildman–Crippen LogP) is 2.62. The van der Waals surface area contributed by atoms with E-state index < -0.39 is 5.82 Å². The second-order valence-corrected chi connectivity index (χ2v) is 4.11. The molecule has 0 spiro atoms. The minimum absolute atomic E-state index is 0.101. The van der Waals surface area contributed by atoms with E-state index in [1.807, 2.05) is 13.8 Å². The van der Waals surface area contributed by atoms with Crippen molar-refractivity contribution < 1.29 is 4.39 Å². The lowest BCUT2D eigenvalue weighted by atomic mass is 10.1. The lowest BCUT2D eigenvalue weighted by Gasteiger charge is -2.08. The van der Waals surface area contributed by atoms with E-state index in [-0.39, 0.29) is 22.4 Å².